The summed E-state index contributed by atoms with van der Waals surface area (Å²) in [7, 11) is -15.4. The van der Waals surface area contributed by atoms with Crippen LogP contribution in [0.2, 0.25) is 0 Å². The van der Waals surface area contributed by atoms with Gasteiger partial charge in [-0.3, -0.25) is 48.0 Å². The fraction of sp³-hybridized carbons (Fsp3) is 0.336. The Labute approximate surface area is 866 Å². The van der Waals surface area contributed by atoms with Crippen molar-refractivity contribution in [3.63, 3.8) is 0 Å². The number of carbonyl (C=O) groups is 4. The number of pyridine rings is 4. The molecule has 0 spiro atoms. The number of rotatable bonds is 20. The molecule has 4 N–H and O–H groups in total. The third-order valence-electron chi connectivity index (χ3n) is 16.4. The number of nitrogens with zero attached hydrogens (tertiary/aromatic N) is 4. The van der Waals surface area contributed by atoms with Gasteiger partial charge in [-0.15, -0.1) is 0 Å². The Balaban J connectivity index is -0.000000247. The summed E-state index contributed by atoms with van der Waals surface area (Å²) in [6.07, 6.45) is 5.88. The van der Waals surface area contributed by atoms with E-state index in [2.05, 4.69) is 28.9 Å². The fourth-order valence-corrected chi connectivity index (χ4v) is 14.9. The van der Waals surface area contributed by atoms with Crippen molar-refractivity contribution in [3.05, 3.63) is 374 Å². The van der Waals surface area contributed by atoms with E-state index >= 15 is 0 Å². The monoisotopic (exact) mass is 2120 g/mol. The van der Waals surface area contributed by atoms with E-state index in [1.54, 1.807) is 229 Å². The number of aryl methyl sites for hydroxylation is 9. The average molecular weight is 2120 g/mol. The van der Waals surface area contributed by atoms with E-state index in [0.717, 1.165) is 33.4 Å². The predicted molar refractivity (Wildman–Crippen MR) is 576 cm³/mol. The van der Waals surface area contributed by atoms with E-state index < -0.39 is 51.7 Å². The SMILES string of the molecule is CC.CC.CC.CC.CC.CC.CC.CC.CC.CC.CC.CC.CC.CC.Cc1ccc(S(=O)(=O)Nc2ccc(C)cc2C(=O)c2c(C)ccc[n+]2[O-])cc1.Cc1ccc(S(=O)(=O)Nc2ccc(C)cc2C(=O)c2cccc(C)[n+]2[O-])cc1.Cc1ccc(S(=O)(=O)Nc2ccc(C)cc2C(=O)c2cccnc2C)cc1.O=C(c1cccnc1)c1ccccc1NS(=O)(=O)c1ccccc1.[CH3-].[Yb]. The Morgan fingerprint density at radius 3 is 0.956 bits per heavy atom. The second-order valence-corrected chi connectivity index (χ2v) is 31.5. The van der Waals surface area contributed by atoms with Crippen molar-refractivity contribution < 1.29 is 109 Å². The van der Waals surface area contributed by atoms with Crippen LogP contribution in [0.5, 0.6) is 0 Å². The zero-order chi connectivity index (χ0) is 106. The number of benzene rings is 8. The van der Waals surface area contributed by atoms with Crippen molar-refractivity contribution in [2.75, 3.05) is 18.9 Å². The number of para-hydroxylation sites is 1. The van der Waals surface area contributed by atoms with Gasteiger partial charge in [-0.1, -0.05) is 312 Å². The van der Waals surface area contributed by atoms with Gasteiger partial charge in [0.15, 0.2) is 23.5 Å². The van der Waals surface area contributed by atoms with Crippen LogP contribution in [0.15, 0.2) is 281 Å². The van der Waals surface area contributed by atoms with Crippen LogP contribution in [0, 0.1) is 127 Å². The van der Waals surface area contributed by atoms with E-state index in [9.17, 15) is 63.3 Å². The number of carbonyl (C=O) groups excluding carboxylic acids is 4. The first-order chi connectivity index (χ1) is 64.7. The third kappa shape index (κ3) is 47.4. The van der Waals surface area contributed by atoms with Crippen molar-refractivity contribution in [2.45, 2.75) is 276 Å². The van der Waals surface area contributed by atoms with Gasteiger partial charge in [-0.05, 0) is 189 Å². The summed E-state index contributed by atoms with van der Waals surface area (Å²) in [6.45, 7) is 72.0. The average Bonchev–Trinajstić information content (AvgIpc) is 0.800. The maximum absolute atomic E-state index is 13.1. The molecule has 0 amide bonds. The predicted octanol–water partition coefficient (Wildman–Crippen LogP) is 28.5. The first-order valence-corrected chi connectivity index (χ1v) is 52.8. The summed E-state index contributed by atoms with van der Waals surface area (Å²) in [6, 6.07) is 63.0. The second-order valence-electron chi connectivity index (χ2n) is 24.8. The van der Waals surface area contributed by atoms with Gasteiger partial charge in [0.25, 0.3) is 63.0 Å². The van der Waals surface area contributed by atoms with E-state index in [4.69, 9.17) is 0 Å². The minimum Gasteiger partial charge on any atom is -0.618 e. The quantitative estimate of drug-likeness (QED) is 0.0238. The number of nitrogens with one attached hydrogen (secondary N) is 4. The Morgan fingerprint density at radius 1 is 0.292 bits per heavy atom. The largest absolute Gasteiger partial charge is 0.618 e. The van der Waals surface area contributed by atoms with Crippen LogP contribution in [-0.4, -0.2) is 66.8 Å². The van der Waals surface area contributed by atoms with Crippen molar-refractivity contribution in [2.24, 2.45) is 0 Å². The number of sulfonamides is 4. The molecule has 12 aromatic rings. The smallest absolute Gasteiger partial charge is 0.267 e. The van der Waals surface area contributed by atoms with Gasteiger partial charge >= 0.3 is 0 Å². The number of hydrogen-bond donors (Lipinski definition) is 4. The third-order valence-corrected chi connectivity index (χ3v) is 21.9. The summed E-state index contributed by atoms with van der Waals surface area (Å²) < 4.78 is 112. The standard InChI is InChI=1S/2C21H20N2O4S.C21H20N2O3S.C18H14N2O3S.14C2H6.CH3.Yb/c1-14-6-9-17(10-7-14)28(26,27)22-19-11-8-15(2)13-18(19)21(24)20-16(3)5-4-12-23(20)25;1-14-7-10-17(11-8-14)28(26,27)22-19-12-9-15(2)13-18(19)21(24)20-6-4-5-16(3)23(20)25;1-14-6-9-17(10-7-14)27(25,26)23-20-11-8-15(2)13-19(20)21(24)18-5-4-12-22-16(18)3;21-18(14-7-6-12-19-13-14)16-10-4-5-11-17(16)20-24(22,23)15-8-2-1-3-9-15;14*1-2;;/h2*4-13,22H,1-3H3;4-13,23H,1-3H3;1-13,20H;14*1-2H3;1H3;/q;;;;;;;;;;;;;;;;;;-1;. The van der Waals surface area contributed by atoms with E-state index in [1.807, 2.05) is 222 Å². The molecule has 4 heterocycles. The molecule has 0 atom stereocenters. The maximum atomic E-state index is 13.1. The molecule has 0 saturated carbocycles. The van der Waals surface area contributed by atoms with Crippen molar-refractivity contribution >= 4 is 86.0 Å². The topological polar surface area (TPSA) is 333 Å². The maximum Gasteiger partial charge on any atom is 0.267 e. The second kappa shape index (κ2) is 80.1. The molecule has 27 heteroatoms. The molecule has 0 bridgehead atoms. The van der Waals surface area contributed by atoms with Crippen LogP contribution in [-0.2, 0) is 40.1 Å². The van der Waals surface area contributed by atoms with Crippen LogP contribution in [0.4, 0.5) is 22.7 Å². The van der Waals surface area contributed by atoms with Gasteiger partial charge in [-0.2, -0.15) is 9.46 Å². The first kappa shape index (κ1) is 142. The molecule has 4 aromatic heterocycles. The molecule has 0 aliphatic carbocycles. The summed E-state index contributed by atoms with van der Waals surface area (Å²) >= 11 is 0. The Morgan fingerprint density at radius 2 is 0.606 bits per heavy atom. The number of hydrogen-bond acceptors (Lipinski definition) is 16. The molecular weight excluding hydrogens is 1960 g/mol. The molecule has 12 rings (SSSR count). The molecule has 137 heavy (non-hydrogen) atoms. The molecule has 0 fully saturated rings. The van der Waals surface area contributed by atoms with Gasteiger partial charge < -0.3 is 17.8 Å². The van der Waals surface area contributed by atoms with Crippen LogP contribution < -0.4 is 28.3 Å². The fourth-order valence-electron chi connectivity index (χ4n) is 10.6. The van der Waals surface area contributed by atoms with Crippen molar-refractivity contribution in [3.8, 4) is 0 Å². The van der Waals surface area contributed by atoms with E-state index in [1.165, 1.54) is 67.0 Å². The van der Waals surface area contributed by atoms with Gasteiger partial charge in [0.2, 0.25) is 0 Å². The van der Waals surface area contributed by atoms with E-state index in [0.29, 0.717) is 43.1 Å². The molecule has 0 radical (unpaired) electrons. The molecule has 0 unspecified atom stereocenters. The summed E-state index contributed by atoms with van der Waals surface area (Å²) in [4.78, 5) is 60.3. The number of anilines is 4. The van der Waals surface area contributed by atoms with Gasteiger partial charge in [0.1, 0.15) is 0 Å². The van der Waals surface area contributed by atoms with Crippen LogP contribution in [0.1, 0.15) is 308 Å². The van der Waals surface area contributed by atoms with Crippen LogP contribution >= 0.6 is 0 Å². The Bertz CT molecular complexity index is 5800. The molecule has 0 saturated heterocycles. The van der Waals surface area contributed by atoms with Gasteiger partial charge in [0, 0.05) is 124 Å². The minimum absolute atomic E-state index is 0. The normalized spacial score (nSPS) is 9.35. The molecule has 8 aromatic carbocycles. The Hall–Kier alpha value is -10.8. The van der Waals surface area contributed by atoms with Gasteiger partial charge in [0.05, 0.1) is 53.5 Å². The molecular formula is C110H161N8O14S4Yb-. The van der Waals surface area contributed by atoms with Crippen LogP contribution in [0.25, 0.3) is 0 Å². The molecule has 22 nitrogen and oxygen atoms in total. The summed E-state index contributed by atoms with van der Waals surface area (Å²) in [5.41, 5.74) is 8.97. The van der Waals surface area contributed by atoms with Gasteiger partial charge in [-0.25, -0.2) is 33.7 Å². The van der Waals surface area contributed by atoms with Crippen molar-refractivity contribution in [1.29, 1.82) is 0 Å². The minimum atomic E-state index is -3.89. The summed E-state index contributed by atoms with van der Waals surface area (Å²) in [5.74, 6) is -1.66. The zero-order valence-electron chi connectivity index (χ0n) is 88.7. The number of ketones is 4. The van der Waals surface area contributed by atoms with Crippen molar-refractivity contribution in [1.82, 2.24) is 9.97 Å². The molecule has 764 valence electrons. The zero-order valence-corrected chi connectivity index (χ0v) is 93.7. The first-order valence-electron chi connectivity index (χ1n) is 46.9. The molecule has 0 aliphatic rings. The molecule has 0 aliphatic heterocycles. The summed E-state index contributed by atoms with van der Waals surface area (Å²) in [5, 5.41) is 24.4. The Kier molecular flexibility index (Phi) is 82.8. The van der Waals surface area contributed by atoms with E-state index in [-0.39, 0.29) is 136 Å². The van der Waals surface area contributed by atoms with Crippen LogP contribution in [0.3, 0.4) is 0 Å². The number of aromatic nitrogens is 4.